The molecule has 0 spiro atoms. The van der Waals surface area contributed by atoms with Gasteiger partial charge < -0.3 is 14.6 Å². The summed E-state index contributed by atoms with van der Waals surface area (Å²) in [6, 6.07) is 5.78. The highest BCUT2D eigenvalue weighted by atomic mass is 16.5. The van der Waals surface area contributed by atoms with Gasteiger partial charge in [0.1, 0.15) is 5.75 Å². The number of methoxy groups -OCH3 is 1. The minimum Gasteiger partial charge on any atom is -0.497 e. The van der Waals surface area contributed by atoms with Crippen molar-refractivity contribution in [2.24, 2.45) is 5.92 Å². The highest BCUT2D eigenvalue weighted by molar-refractivity contribution is 5.36. The molecule has 1 fully saturated rings. The van der Waals surface area contributed by atoms with E-state index in [9.17, 15) is 5.11 Å². The molecule has 3 nitrogen and oxygen atoms in total. The van der Waals surface area contributed by atoms with Gasteiger partial charge in [-0.25, -0.2) is 0 Å². The Bertz CT molecular complexity index is 356. The first-order valence-electron chi connectivity index (χ1n) is 5.62. The topological polar surface area (TPSA) is 38.7 Å². The van der Waals surface area contributed by atoms with E-state index in [1.54, 1.807) is 7.11 Å². The van der Waals surface area contributed by atoms with Crippen molar-refractivity contribution in [1.29, 1.82) is 0 Å². The normalized spacial score (nSPS) is 22.1. The van der Waals surface area contributed by atoms with Crippen LogP contribution in [-0.4, -0.2) is 25.4 Å². The molecule has 0 bridgehead atoms. The van der Waals surface area contributed by atoms with Crippen LogP contribution in [0.4, 0.5) is 0 Å². The van der Waals surface area contributed by atoms with E-state index in [1.165, 1.54) is 0 Å². The second-order valence-electron chi connectivity index (χ2n) is 4.29. The zero-order valence-corrected chi connectivity index (χ0v) is 9.77. The summed E-state index contributed by atoms with van der Waals surface area (Å²) in [6.45, 7) is 3.42. The van der Waals surface area contributed by atoms with Crippen molar-refractivity contribution in [3.63, 3.8) is 0 Å². The minimum absolute atomic E-state index is 0.229. The SMILES string of the molecule is COc1ccc(C(O)C2CCOC2)c(C)c1. The first-order chi connectivity index (χ1) is 7.72. The van der Waals surface area contributed by atoms with Gasteiger partial charge in [-0.2, -0.15) is 0 Å². The fourth-order valence-corrected chi connectivity index (χ4v) is 2.16. The highest BCUT2D eigenvalue weighted by Crippen LogP contribution is 2.31. The predicted octanol–water partition coefficient (Wildman–Crippen LogP) is 2.07. The molecule has 1 N–H and O–H groups in total. The van der Waals surface area contributed by atoms with Crippen LogP contribution in [-0.2, 0) is 4.74 Å². The number of ether oxygens (including phenoxy) is 2. The quantitative estimate of drug-likeness (QED) is 0.851. The fourth-order valence-electron chi connectivity index (χ4n) is 2.16. The molecule has 88 valence electrons. The maximum absolute atomic E-state index is 10.2. The maximum Gasteiger partial charge on any atom is 0.119 e. The molecule has 16 heavy (non-hydrogen) atoms. The Labute approximate surface area is 96.0 Å². The molecule has 3 heteroatoms. The third kappa shape index (κ3) is 2.20. The van der Waals surface area contributed by atoms with Gasteiger partial charge in [0, 0.05) is 12.5 Å². The second-order valence-corrected chi connectivity index (χ2v) is 4.29. The third-order valence-electron chi connectivity index (χ3n) is 3.21. The van der Waals surface area contributed by atoms with Gasteiger partial charge in [0.2, 0.25) is 0 Å². The summed E-state index contributed by atoms with van der Waals surface area (Å²) in [4.78, 5) is 0. The molecule has 0 aliphatic carbocycles. The molecule has 1 aliphatic heterocycles. The van der Waals surface area contributed by atoms with Crippen LogP contribution in [0.15, 0.2) is 18.2 Å². The summed E-state index contributed by atoms with van der Waals surface area (Å²) in [5, 5.41) is 10.2. The average Bonchev–Trinajstić information content (AvgIpc) is 2.81. The van der Waals surface area contributed by atoms with Crippen LogP contribution >= 0.6 is 0 Å². The second kappa shape index (κ2) is 4.85. The maximum atomic E-state index is 10.2. The van der Waals surface area contributed by atoms with Crippen molar-refractivity contribution in [2.45, 2.75) is 19.4 Å². The molecule has 2 unspecified atom stereocenters. The third-order valence-corrected chi connectivity index (χ3v) is 3.21. The molecule has 1 aliphatic rings. The van der Waals surface area contributed by atoms with E-state index in [4.69, 9.17) is 9.47 Å². The number of rotatable bonds is 3. The Balaban J connectivity index is 2.19. The molecule has 0 saturated carbocycles. The van der Waals surface area contributed by atoms with Gasteiger partial charge >= 0.3 is 0 Å². The van der Waals surface area contributed by atoms with Gasteiger partial charge in [0.25, 0.3) is 0 Å². The summed E-state index contributed by atoms with van der Waals surface area (Å²) >= 11 is 0. The van der Waals surface area contributed by atoms with Crippen molar-refractivity contribution in [2.75, 3.05) is 20.3 Å². The van der Waals surface area contributed by atoms with Crippen molar-refractivity contribution in [3.05, 3.63) is 29.3 Å². The molecule has 1 saturated heterocycles. The first-order valence-corrected chi connectivity index (χ1v) is 5.62. The molecule has 1 aromatic rings. The average molecular weight is 222 g/mol. The Hall–Kier alpha value is -1.06. The number of hydrogen-bond acceptors (Lipinski definition) is 3. The number of aryl methyl sites for hydroxylation is 1. The minimum atomic E-state index is -0.423. The molecule has 1 heterocycles. The molecule has 2 rings (SSSR count). The standard InChI is InChI=1S/C13H18O3/c1-9-7-11(15-2)3-4-12(9)13(14)10-5-6-16-8-10/h3-4,7,10,13-14H,5-6,8H2,1-2H3. The Morgan fingerprint density at radius 2 is 2.31 bits per heavy atom. The van der Waals surface area contributed by atoms with Gasteiger partial charge in [-0.15, -0.1) is 0 Å². The molecule has 0 aromatic heterocycles. The summed E-state index contributed by atoms with van der Waals surface area (Å²) in [6.07, 6.45) is 0.514. The number of benzene rings is 1. The van der Waals surface area contributed by atoms with E-state index < -0.39 is 6.10 Å². The van der Waals surface area contributed by atoms with Gasteiger partial charge in [-0.1, -0.05) is 6.07 Å². The van der Waals surface area contributed by atoms with E-state index in [-0.39, 0.29) is 5.92 Å². The lowest BCUT2D eigenvalue weighted by atomic mass is 9.92. The highest BCUT2D eigenvalue weighted by Gasteiger charge is 2.26. The summed E-state index contributed by atoms with van der Waals surface area (Å²) in [7, 11) is 1.65. The van der Waals surface area contributed by atoms with Crippen LogP contribution in [0.2, 0.25) is 0 Å². The zero-order chi connectivity index (χ0) is 11.5. The van der Waals surface area contributed by atoms with Gasteiger partial charge in [-0.05, 0) is 36.6 Å². The van der Waals surface area contributed by atoms with Crippen molar-refractivity contribution < 1.29 is 14.6 Å². The van der Waals surface area contributed by atoms with Gasteiger partial charge in [0.15, 0.2) is 0 Å². The Morgan fingerprint density at radius 3 is 2.88 bits per heavy atom. The molecule has 1 aromatic carbocycles. The van der Waals surface area contributed by atoms with E-state index in [1.807, 2.05) is 25.1 Å². The lowest BCUT2D eigenvalue weighted by Gasteiger charge is -2.19. The van der Waals surface area contributed by atoms with Crippen LogP contribution in [0.25, 0.3) is 0 Å². The molecule has 0 radical (unpaired) electrons. The van der Waals surface area contributed by atoms with E-state index in [0.29, 0.717) is 6.61 Å². The van der Waals surface area contributed by atoms with Crippen LogP contribution in [0, 0.1) is 12.8 Å². The van der Waals surface area contributed by atoms with E-state index >= 15 is 0 Å². The van der Waals surface area contributed by atoms with Crippen molar-refractivity contribution in [3.8, 4) is 5.75 Å². The van der Waals surface area contributed by atoms with E-state index in [2.05, 4.69) is 0 Å². The Kier molecular flexibility index (Phi) is 3.46. The summed E-state index contributed by atoms with van der Waals surface area (Å²) in [5.74, 6) is 1.06. The Morgan fingerprint density at radius 1 is 1.50 bits per heavy atom. The van der Waals surface area contributed by atoms with Gasteiger partial charge in [-0.3, -0.25) is 0 Å². The van der Waals surface area contributed by atoms with Crippen LogP contribution in [0.1, 0.15) is 23.7 Å². The molecular formula is C13H18O3. The molecule has 0 amide bonds. The summed E-state index contributed by atoms with van der Waals surface area (Å²) < 4.78 is 10.4. The monoisotopic (exact) mass is 222 g/mol. The lowest BCUT2D eigenvalue weighted by molar-refractivity contribution is 0.0913. The fraction of sp³-hybridized carbons (Fsp3) is 0.538. The number of aliphatic hydroxyl groups excluding tert-OH is 1. The predicted molar refractivity (Wildman–Crippen MR) is 61.6 cm³/mol. The van der Waals surface area contributed by atoms with Crippen LogP contribution in [0.5, 0.6) is 5.75 Å². The van der Waals surface area contributed by atoms with Gasteiger partial charge in [0.05, 0.1) is 19.8 Å². The summed E-state index contributed by atoms with van der Waals surface area (Å²) in [5.41, 5.74) is 2.05. The van der Waals surface area contributed by atoms with Crippen LogP contribution < -0.4 is 4.74 Å². The van der Waals surface area contributed by atoms with Crippen molar-refractivity contribution in [1.82, 2.24) is 0 Å². The lowest BCUT2D eigenvalue weighted by Crippen LogP contribution is -2.13. The largest absolute Gasteiger partial charge is 0.497 e. The van der Waals surface area contributed by atoms with Crippen molar-refractivity contribution >= 4 is 0 Å². The molecule has 2 atom stereocenters. The zero-order valence-electron chi connectivity index (χ0n) is 9.77. The smallest absolute Gasteiger partial charge is 0.119 e. The van der Waals surface area contributed by atoms with Crippen LogP contribution in [0.3, 0.4) is 0 Å². The number of aliphatic hydroxyl groups is 1. The first kappa shape index (κ1) is 11.4. The van der Waals surface area contributed by atoms with E-state index in [0.717, 1.165) is 29.9 Å². The molecular weight excluding hydrogens is 204 g/mol. The number of hydrogen-bond donors (Lipinski definition) is 1.